The van der Waals surface area contributed by atoms with Gasteiger partial charge in [0.25, 0.3) is 0 Å². The van der Waals surface area contributed by atoms with Crippen molar-refractivity contribution in [2.75, 3.05) is 25.2 Å². The summed E-state index contributed by atoms with van der Waals surface area (Å²) in [5, 5.41) is 9.36. The van der Waals surface area contributed by atoms with Crippen LogP contribution in [0.25, 0.3) is 0 Å². The lowest BCUT2D eigenvalue weighted by atomic mass is 10.1. The molecule has 17 heavy (non-hydrogen) atoms. The molecule has 1 aromatic heterocycles. The molecule has 1 heterocycles. The summed E-state index contributed by atoms with van der Waals surface area (Å²) >= 11 is 0. The summed E-state index contributed by atoms with van der Waals surface area (Å²) in [6.45, 7) is 5.84. The first-order valence-corrected chi connectivity index (χ1v) is 6.03. The van der Waals surface area contributed by atoms with Gasteiger partial charge in [0, 0.05) is 31.5 Å². The van der Waals surface area contributed by atoms with Crippen LogP contribution in [0.5, 0.6) is 0 Å². The van der Waals surface area contributed by atoms with E-state index in [2.05, 4.69) is 23.7 Å². The van der Waals surface area contributed by atoms with Gasteiger partial charge >= 0.3 is 0 Å². The Morgan fingerprint density at radius 1 is 1.53 bits per heavy atom. The lowest BCUT2D eigenvalue weighted by Crippen LogP contribution is -2.36. The van der Waals surface area contributed by atoms with Gasteiger partial charge in [0.2, 0.25) is 0 Å². The average molecular weight is 238 g/mol. The fraction of sp³-hybridized carbons (Fsp3) is 0.615. The van der Waals surface area contributed by atoms with Crippen molar-refractivity contribution in [2.45, 2.75) is 32.9 Å². The minimum atomic E-state index is 0.0395. The average Bonchev–Trinajstić information content (AvgIpc) is 2.39. The molecule has 1 unspecified atom stereocenters. The molecule has 0 saturated carbocycles. The van der Waals surface area contributed by atoms with E-state index in [0.29, 0.717) is 12.6 Å². The van der Waals surface area contributed by atoms with Gasteiger partial charge in [-0.1, -0.05) is 6.92 Å². The second kappa shape index (κ2) is 7.25. The van der Waals surface area contributed by atoms with E-state index < -0.39 is 0 Å². The van der Waals surface area contributed by atoms with Crippen LogP contribution >= 0.6 is 0 Å². The third-order valence-electron chi connectivity index (χ3n) is 3.03. The van der Waals surface area contributed by atoms with Gasteiger partial charge in [0.05, 0.1) is 25.1 Å². The van der Waals surface area contributed by atoms with Crippen LogP contribution in [0.4, 0.5) is 5.69 Å². The predicted molar refractivity (Wildman–Crippen MR) is 69.1 cm³/mol. The zero-order chi connectivity index (χ0) is 12.7. The summed E-state index contributed by atoms with van der Waals surface area (Å²) in [5.74, 6) is 0. The van der Waals surface area contributed by atoms with E-state index in [4.69, 9.17) is 4.74 Å². The molecule has 0 spiro atoms. The number of aliphatic hydroxyl groups is 1. The van der Waals surface area contributed by atoms with Crippen LogP contribution in [-0.4, -0.2) is 36.4 Å². The highest BCUT2D eigenvalue weighted by Gasteiger charge is 2.15. The lowest BCUT2D eigenvalue weighted by molar-refractivity contribution is 0.203. The van der Waals surface area contributed by atoms with Crippen LogP contribution in [0.1, 0.15) is 25.8 Å². The molecule has 4 nitrogen and oxygen atoms in total. The summed E-state index contributed by atoms with van der Waals surface area (Å²) in [7, 11) is 1.70. The van der Waals surface area contributed by atoms with Crippen LogP contribution in [0.2, 0.25) is 0 Å². The Bertz CT molecular complexity index is 331. The topological polar surface area (TPSA) is 45.6 Å². The number of hydrogen-bond donors (Lipinski definition) is 1. The van der Waals surface area contributed by atoms with E-state index in [0.717, 1.165) is 24.2 Å². The highest BCUT2D eigenvalue weighted by Crippen LogP contribution is 2.22. The summed E-state index contributed by atoms with van der Waals surface area (Å²) in [6.07, 6.45) is 4.57. The van der Waals surface area contributed by atoms with Crippen LogP contribution in [-0.2, 0) is 11.3 Å². The number of rotatable bonds is 7. The van der Waals surface area contributed by atoms with Gasteiger partial charge < -0.3 is 14.7 Å². The highest BCUT2D eigenvalue weighted by atomic mass is 16.5. The number of aliphatic hydroxyl groups excluding tert-OH is 1. The van der Waals surface area contributed by atoms with Gasteiger partial charge in [-0.3, -0.25) is 4.98 Å². The number of nitrogens with zero attached hydrogens (tertiary/aromatic N) is 2. The molecule has 0 aliphatic rings. The van der Waals surface area contributed by atoms with Crippen LogP contribution in [0.15, 0.2) is 18.5 Å². The van der Waals surface area contributed by atoms with Crippen molar-refractivity contribution < 1.29 is 9.84 Å². The third-order valence-corrected chi connectivity index (χ3v) is 3.03. The number of hydrogen-bond acceptors (Lipinski definition) is 4. The minimum absolute atomic E-state index is 0.0395. The Balaban J connectivity index is 2.94. The van der Waals surface area contributed by atoms with Gasteiger partial charge in [-0.05, 0) is 19.4 Å². The number of aromatic nitrogens is 1. The van der Waals surface area contributed by atoms with E-state index in [1.165, 1.54) is 0 Å². The first-order chi connectivity index (χ1) is 8.24. The second-order valence-corrected chi connectivity index (χ2v) is 4.11. The summed E-state index contributed by atoms with van der Waals surface area (Å²) in [5.41, 5.74) is 1.91. The smallest absolute Gasteiger partial charge is 0.0703 e. The molecule has 4 heteroatoms. The molecule has 0 aliphatic carbocycles. The maximum atomic E-state index is 9.36. The van der Waals surface area contributed by atoms with Crippen molar-refractivity contribution in [2.24, 2.45) is 0 Å². The zero-order valence-corrected chi connectivity index (χ0v) is 10.9. The Morgan fingerprint density at radius 3 is 2.88 bits per heavy atom. The molecule has 0 aromatic carbocycles. The van der Waals surface area contributed by atoms with Gasteiger partial charge in [-0.15, -0.1) is 0 Å². The molecule has 1 atom stereocenters. The molecule has 0 aliphatic heterocycles. The van der Waals surface area contributed by atoms with Crippen LogP contribution < -0.4 is 4.90 Å². The van der Waals surface area contributed by atoms with Crippen molar-refractivity contribution in [3.63, 3.8) is 0 Å². The molecule has 1 N–H and O–H groups in total. The van der Waals surface area contributed by atoms with Crippen molar-refractivity contribution in [1.29, 1.82) is 0 Å². The molecule has 1 rings (SSSR count). The van der Waals surface area contributed by atoms with Crippen LogP contribution in [0.3, 0.4) is 0 Å². The van der Waals surface area contributed by atoms with E-state index in [1.807, 2.05) is 12.3 Å². The molecule has 0 amide bonds. The van der Waals surface area contributed by atoms with Crippen molar-refractivity contribution in [3.05, 3.63) is 24.0 Å². The SMILES string of the molecule is CCC(C)N(CCOC)c1cnccc1CO. The zero-order valence-electron chi connectivity index (χ0n) is 10.9. The Labute approximate surface area is 103 Å². The molecule has 1 aromatic rings. The monoisotopic (exact) mass is 238 g/mol. The van der Waals surface area contributed by atoms with Gasteiger partial charge in [-0.25, -0.2) is 0 Å². The lowest BCUT2D eigenvalue weighted by Gasteiger charge is -2.31. The van der Waals surface area contributed by atoms with Crippen molar-refractivity contribution >= 4 is 5.69 Å². The van der Waals surface area contributed by atoms with Crippen LogP contribution in [0, 0.1) is 0 Å². The van der Waals surface area contributed by atoms with E-state index in [-0.39, 0.29) is 6.61 Å². The predicted octanol–water partition coefficient (Wildman–Crippen LogP) is 1.83. The highest BCUT2D eigenvalue weighted by molar-refractivity contribution is 5.52. The molecule has 0 bridgehead atoms. The minimum Gasteiger partial charge on any atom is -0.392 e. The van der Waals surface area contributed by atoms with Gasteiger partial charge in [0.1, 0.15) is 0 Å². The first kappa shape index (κ1) is 13.9. The number of anilines is 1. The standard InChI is InChI=1S/C13H22N2O2/c1-4-11(2)15(7-8-17-3)13-9-14-6-5-12(13)10-16/h5-6,9,11,16H,4,7-8,10H2,1-3H3. The molecule has 0 radical (unpaired) electrons. The second-order valence-electron chi connectivity index (χ2n) is 4.11. The number of methoxy groups -OCH3 is 1. The van der Waals surface area contributed by atoms with E-state index in [9.17, 15) is 5.11 Å². The Morgan fingerprint density at radius 2 is 2.29 bits per heavy atom. The summed E-state index contributed by atoms with van der Waals surface area (Å²) in [4.78, 5) is 6.38. The van der Waals surface area contributed by atoms with E-state index in [1.54, 1.807) is 13.3 Å². The number of pyridine rings is 1. The van der Waals surface area contributed by atoms with Crippen molar-refractivity contribution in [1.82, 2.24) is 4.98 Å². The summed E-state index contributed by atoms with van der Waals surface area (Å²) in [6, 6.07) is 2.26. The Hall–Kier alpha value is -1.13. The molecule has 96 valence electrons. The first-order valence-electron chi connectivity index (χ1n) is 6.03. The van der Waals surface area contributed by atoms with Gasteiger partial charge in [0.15, 0.2) is 0 Å². The fourth-order valence-electron chi connectivity index (χ4n) is 1.80. The molecule has 0 saturated heterocycles. The van der Waals surface area contributed by atoms with Crippen molar-refractivity contribution in [3.8, 4) is 0 Å². The number of ether oxygens (including phenoxy) is 1. The quantitative estimate of drug-likeness (QED) is 0.787. The Kier molecular flexibility index (Phi) is 5.94. The molecular formula is C13H22N2O2. The largest absolute Gasteiger partial charge is 0.392 e. The van der Waals surface area contributed by atoms with Gasteiger partial charge in [-0.2, -0.15) is 0 Å². The molecule has 0 fully saturated rings. The normalized spacial score (nSPS) is 12.5. The maximum Gasteiger partial charge on any atom is 0.0703 e. The maximum absolute atomic E-state index is 9.36. The summed E-state index contributed by atoms with van der Waals surface area (Å²) < 4.78 is 5.14. The fourth-order valence-corrected chi connectivity index (χ4v) is 1.80. The van der Waals surface area contributed by atoms with E-state index >= 15 is 0 Å². The third kappa shape index (κ3) is 3.68. The molecular weight excluding hydrogens is 216 g/mol.